The SMILES string of the molecule is CCCCCCCCOC1OC(COC2OC(C(=O)O)C(O)C(O)C2O)C(O)C(O)C1O. The van der Waals surface area contributed by atoms with Gasteiger partial charge in [0.25, 0.3) is 0 Å². The molecular formula is C20H36O12. The Kier molecular flexibility index (Phi) is 11.2. The van der Waals surface area contributed by atoms with Crippen LogP contribution in [0.4, 0.5) is 0 Å². The van der Waals surface area contributed by atoms with E-state index in [0.29, 0.717) is 0 Å². The second kappa shape index (κ2) is 13.1. The zero-order valence-electron chi connectivity index (χ0n) is 18.1. The second-order valence-electron chi connectivity index (χ2n) is 8.22. The summed E-state index contributed by atoms with van der Waals surface area (Å²) < 4.78 is 21.3. The van der Waals surface area contributed by atoms with E-state index in [9.17, 15) is 35.4 Å². The molecule has 0 bridgehead atoms. The van der Waals surface area contributed by atoms with Gasteiger partial charge in [-0.2, -0.15) is 0 Å². The van der Waals surface area contributed by atoms with E-state index in [4.69, 9.17) is 24.1 Å². The lowest BCUT2D eigenvalue weighted by atomic mass is 9.98. The number of hydrogen-bond donors (Lipinski definition) is 7. The highest BCUT2D eigenvalue weighted by Crippen LogP contribution is 2.26. The quantitative estimate of drug-likeness (QED) is 0.157. The van der Waals surface area contributed by atoms with E-state index in [1.807, 2.05) is 0 Å². The van der Waals surface area contributed by atoms with Crippen molar-refractivity contribution in [2.75, 3.05) is 13.2 Å². The molecule has 10 unspecified atom stereocenters. The fourth-order valence-corrected chi connectivity index (χ4v) is 3.65. The van der Waals surface area contributed by atoms with Crippen molar-refractivity contribution in [2.24, 2.45) is 0 Å². The third-order valence-electron chi connectivity index (χ3n) is 5.69. The minimum Gasteiger partial charge on any atom is -0.479 e. The zero-order valence-corrected chi connectivity index (χ0v) is 18.1. The van der Waals surface area contributed by atoms with Crippen LogP contribution in [0.25, 0.3) is 0 Å². The number of aliphatic hydroxyl groups is 6. The molecule has 2 fully saturated rings. The van der Waals surface area contributed by atoms with E-state index >= 15 is 0 Å². The van der Waals surface area contributed by atoms with Crippen LogP contribution < -0.4 is 0 Å². The maximum atomic E-state index is 11.2. The van der Waals surface area contributed by atoms with E-state index in [0.717, 1.165) is 32.1 Å². The first kappa shape index (κ1) is 27.3. The smallest absolute Gasteiger partial charge is 0.335 e. The predicted octanol–water partition coefficient (Wildman–Crippen LogP) is -1.92. The van der Waals surface area contributed by atoms with Crippen molar-refractivity contribution >= 4 is 5.97 Å². The lowest BCUT2D eigenvalue weighted by molar-refractivity contribution is -0.327. The highest BCUT2D eigenvalue weighted by atomic mass is 16.7. The largest absolute Gasteiger partial charge is 0.479 e. The summed E-state index contributed by atoms with van der Waals surface area (Å²) in [5.41, 5.74) is 0. The van der Waals surface area contributed by atoms with Crippen molar-refractivity contribution in [1.82, 2.24) is 0 Å². The molecule has 10 atom stereocenters. The lowest BCUT2D eigenvalue weighted by Crippen LogP contribution is -2.62. The summed E-state index contributed by atoms with van der Waals surface area (Å²) in [7, 11) is 0. The normalized spacial score (nSPS) is 40.3. The Hall–Kier alpha value is -0.930. The van der Waals surface area contributed by atoms with E-state index < -0.39 is 74.0 Å². The molecule has 0 aromatic carbocycles. The van der Waals surface area contributed by atoms with Gasteiger partial charge in [-0.1, -0.05) is 39.0 Å². The average molecular weight is 468 g/mol. The Morgan fingerprint density at radius 1 is 0.719 bits per heavy atom. The molecule has 188 valence electrons. The van der Waals surface area contributed by atoms with Gasteiger partial charge < -0.3 is 54.7 Å². The van der Waals surface area contributed by atoms with Gasteiger partial charge in [0.05, 0.1) is 6.61 Å². The van der Waals surface area contributed by atoms with Crippen molar-refractivity contribution in [3.63, 3.8) is 0 Å². The number of carbonyl (C=O) groups is 1. The van der Waals surface area contributed by atoms with Crippen molar-refractivity contribution < 1.29 is 59.5 Å². The topological polar surface area (TPSA) is 196 Å². The van der Waals surface area contributed by atoms with Crippen LogP contribution in [0.2, 0.25) is 0 Å². The molecule has 2 saturated heterocycles. The molecule has 0 radical (unpaired) electrons. The molecule has 12 nitrogen and oxygen atoms in total. The van der Waals surface area contributed by atoms with Crippen molar-refractivity contribution in [3.8, 4) is 0 Å². The second-order valence-corrected chi connectivity index (χ2v) is 8.22. The summed E-state index contributed by atoms with van der Waals surface area (Å²) in [6, 6.07) is 0. The van der Waals surface area contributed by atoms with Gasteiger partial charge in [0.15, 0.2) is 18.7 Å². The highest BCUT2D eigenvalue weighted by Gasteiger charge is 2.49. The maximum Gasteiger partial charge on any atom is 0.335 e. The molecule has 2 aliphatic heterocycles. The number of carboxylic acid groups (broad SMARTS) is 1. The molecule has 12 heteroatoms. The summed E-state index contributed by atoms with van der Waals surface area (Å²) in [5, 5.41) is 69.0. The standard InChI is InChI=1S/C20H36O12/c1-2-3-4-5-6-7-8-29-19-15(25)12(22)11(21)10(31-19)9-30-20-16(26)13(23)14(24)17(32-20)18(27)28/h10-17,19-26H,2-9H2,1H3,(H,27,28). The lowest BCUT2D eigenvalue weighted by Gasteiger charge is -2.42. The Morgan fingerprint density at radius 2 is 1.28 bits per heavy atom. The van der Waals surface area contributed by atoms with Crippen LogP contribution in [-0.2, 0) is 23.7 Å². The summed E-state index contributed by atoms with van der Waals surface area (Å²) in [5.74, 6) is -1.56. The van der Waals surface area contributed by atoms with Gasteiger partial charge in [0.1, 0.15) is 42.7 Å². The van der Waals surface area contributed by atoms with E-state index in [2.05, 4.69) is 6.92 Å². The molecule has 0 aromatic heterocycles. The summed E-state index contributed by atoms with van der Waals surface area (Å²) in [6.07, 6.45) is -9.86. The number of carboxylic acids is 1. The van der Waals surface area contributed by atoms with Gasteiger partial charge in [-0.15, -0.1) is 0 Å². The monoisotopic (exact) mass is 468 g/mol. The van der Waals surface area contributed by atoms with E-state index in [1.165, 1.54) is 6.42 Å². The van der Waals surface area contributed by atoms with Gasteiger partial charge in [0.2, 0.25) is 0 Å². The van der Waals surface area contributed by atoms with Crippen molar-refractivity contribution in [2.45, 2.75) is 107 Å². The van der Waals surface area contributed by atoms with Gasteiger partial charge in [0, 0.05) is 6.61 Å². The fourth-order valence-electron chi connectivity index (χ4n) is 3.65. The minimum atomic E-state index is -1.87. The van der Waals surface area contributed by atoms with Gasteiger partial charge in [-0.3, -0.25) is 0 Å². The molecule has 32 heavy (non-hydrogen) atoms. The van der Waals surface area contributed by atoms with Gasteiger partial charge >= 0.3 is 5.97 Å². The maximum absolute atomic E-state index is 11.2. The van der Waals surface area contributed by atoms with Gasteiger partial charge in [-0.05, 0) is 6.42 Å². The molecule has 0 amide bonds. The molecule has 2 heterocycles. The molecule has 0 saturated carbocycles. The predicted molar refractivity (Wildman–Crippen MR) is 106 cm³/mol. The van der Waals surface area contributed by atoms with Crippen LogP contribution in [0.3, 0.4) is 0 Å². The van der Waals surface area contributed by atoms with E-state index in [-0.39, 0.29) is 6.61 Å². The summed E-state index contributed by atoms with van der Waals surface area (Å²) >= 11 is 0. The molecule has 2 rings (SSSR count). The van der Waals surface area contributed by atoms with Crippen LogP contribution in [0.1, 0.15) is 45.4 Å². The molecule has 0 spiro atoms. The Bertz CT molecular complexity index is 563. The Labute approximate surface area is 186 Å². The van der Waals surface area contributed by atoms with E-state index in [1.54, 1.807) is 0 Å². The molecular weight excluding hydrogens is 432 g/mol. The van der Waals surface area contributed by atoms with Crippen LogP contribution in [0, 0.1) is 0 Å². The zero-order chi connectivity index (χ0) is 23.8. The number of aliphatic carboxylic acids is 1. The molecule has 7 N–H and O–H groups in total. The first-order valence-corrected chi connectivity index (χ1v) is 11.0. The first-order valence-electron chi connectivity index (χ1n) is 11.0. The van der Waals surface area contributed by atoms with Crippen LogP contribution >= 0.6 is 0 Å². The van der Waals surface area contributed by atoms with Crippen LogP contribution in [0.15, 0.2) is 0 Å². The fraction of sp³-hybridized carbons (Fsp3) is 0.950. The third-order valence-corrected chi connectivity index (χ3v) is 5.69. The number of ether oxygens (including phenoxy) is 4. The summed E-state index contributed by atoms with van der Waals surface area (Å²) in [4.78, 5) is 11.2. The number of rotatable bonds is 12. The Morgan fingerprint density at radius 3 is 1.91 bits per heavy atom. The van der Waals surface area contributed by atoms with Gasteiger partial charge in [-0.25, -0.2) is 4.79 Å². The average Bonchev–Trinajstić information content (AvgIpc) is 2.76. The molecule has 0 aromatic rings. The van der Waals surface area contributed by atoms with Crippen LogP contribution in [0.5, 0.6) is 0 Å². The number of hydrogen-bond acceptors (Lipinski definition) is 11. The number of unbranched alkanes of at least 4 members (excludes halogenated alkanes) is 5. The minimum absolute atomic E-state index is 0.277. The summed E-state index contributed by atoms with van der Waals surface area (Å²) in [6.45, 7) is 1.92. The van der Waals surface area contributed by atoms with Crippen LogP contribution in [-0.4, -0.2) is 116 Å². The van der Waals surface area contributed by atoms with Crippen molar-refractivity contribution in [1.29, 1.82) is 0 Å². The Balaban J connectivity index is 1.86. The first-order chi connectivity index (χ1) is 15.2. The highest BCUT2D eigenvalue weighted by molar-refractivity contribution is 5.73. The third kappa shape index (κ3) is 7.03. The number of aliphatic hydroxyl groups excluding tert-OH is 6. The molecule has 0 aliphatic carbocycles. The van der Waals surface area contributed by atoms with Crippen molar-refractivity contribution in [3.05, 3.63) is 0 Å². The molecule has 2 aliphatic rings.